The molecule has 6 nitrogen and oxygen atoms in total. The number of aryl methyl sites for hydroxylation is 1. The van der Waals surface area contributed by atoms with Crippen LogP contribution in [0.25, 0.3) is 0 Å². The Hall–Kier alpha value is -2.51. The highest BCUT2D eigenvalue weighted by Crippen LogP contribution is 2.24. The fourth-order valence-corrected chi connectivity index (χ4v) is 3.03. The number of methoxy groups -OCH3 is 1. The van der Waals surface area contributed by atoms with Crippen molar-refractivity contribution < 1.29 is 13.9 Å². The highest BCUT2D eigenvalue weighted by Gasteiger charge is 2.20. The molecule has 0 aliphatic carbocycles. The van der Waals surface area contributed by atoms with Crippen LogP contribution in [0.4, 0.5) is 0 Å². The minimum atomic E-state index is -0.407. The molecule has 1 unspecified atom stereocenters. The Morgan fingerprint density at radius 3 is 2.80 bits per heavy atom. The summed E-state index contributed by atoms with van der Waals surface area (Å²) in [5.41, 5.74) is 0.939. The number of amides is 1. The van der Waals surface area contributed by atoms with E-state index in [9.17, 15) is 4.79 Å². The first-order valence-corrected chi connectivity index (χ1v) is 8.83. The second-order valence-electron chi connectivity index (χ2n) is 5.42. The third-order valence-corrected chi connectivity index (χ3v) is 4.53. The third-order valence-electron chi connectivity index (χ3n) is 3.65. The molecule has 0 aliphatic rings. The quantitative estimate of drug-likeness (QED) is 0.670. The molecule has 0 bridgehead atoms. The number of carbonyl (C=O) groups excluding carboxylic acids is 1. The van der Waals surface area contributed by atoms with Gasteiger partial charge in [-0.2, -0.15) is 0 Å². The van der Waals surface area contributed by atoms with E-state index in [-0.39, 0.29) is 5.91 Å². The second kappa shape index (κ2) is 8.55. The van der Waals surface area contributed by atoms with Crippen LogP contribution in [-0.4, -0.2) is 23.2 Å². The van der Waals surface area contributed by atoms with Gasteiger partial charge in [0.15, 0.2) is 6.10 Å². The Balaban J connectivity index is 1.53. The normalized spacial score (nSPS) is 12.0. The van der Waals surface area contributed by atoms with Crippen molar-refractivity contribution in [1.29, 1.82) is 0 Å². The molecular formula is C18H19N3O3S. The fraction of sp³-hybridized carbons (Fsp3) is 0.278. The number of thiophene rings is 1. The Kier molecular flexibility index (Phi) is 5.92. The second-order valence-corrected chi connectivity index (χ2v) is 6.45. The van der Waals surface area contributed by atoms with E-state index in [1.807, 2.05) is 47.8 Å². The van der Waals surface area contributed by atoms with Gasteiger partial charge in [-0.15, -0.1) is 21.5 Å². The van der Waals surface area contributed by atoms with Crippen molar-refractivity contribution >= 4 is 17.2 Å². The largest absolute Gasteiger partial charge is 0.422 e. The number of aromatic nitrogens is 2. The van der Waals surface area contributed by atoms with Crippen molar-refractivity contribution in [3.63, 3.8) is 0 Å². The number of carbonyl (C=O) groups is 1. The average molecular weight is 357 g/mol. The number of rotatable bonds is 8. The molecule has 0 saturated carbocycles. The van der Waals surface area contributed by atoms with E-state index in [0.717, 1.165) is 10.4 Å². The highest BCUT2D eigenvalue weighted by atomic mass is 32.1. The number of ether oxygens (including phenoxy) is 1. The van der Waals surface area contributed by atoms with E-state index in [1.54, 1.807) is 18.4 Å². The summed E-state index contributed by atoms with van der Waals surface area (Å²) in [5, 5.41) is 12.9. The summed E-state index contributed by atoms with van der Waals surface area (Å²) >= 11 is 1.62. The topological polar surface area (TPSA) is 77.2 Å². The van der Waals surface area contributed by atoms with Gasteiger partial charge in [0.25, 0.3) is 0 Å². The van der Waals surface area contributed by atoms with Crippen LogP contribution in [0, 0.1) is 0 Å². The van der Waals surface area contributed by atoms with Crippen molar-refractivity contribution in [2.24, 2.45) is 0 Å². The lowest BCUT2D eigenvalue weighted by molar-refractivity contribution is -0.121. The summed E-state index contributed by atoms with van der Waals surface area (Å²) in [5.74, 6) is 0.779. The molecule has 0 fully saturated rings. The predicted molar refractivity (Wildman–Crippen MR) is 94.1 cm³/mol. The lowest BCUT2D eigenvalue weighted by Gasteiger charge is -2.10. The molecule has 25 heavy (non-hydrogen) atoms. The minimum Gasteiger partial charge on any atom is -0.422 e. The summed E-state index contributed by atoms with van der Waals surface area (Å²) in [6, 6.07) is 13.6. The molecule has 0 aliphatic heterocycles. The van der Waals surface area contributed by atoms with Gasteiger partial charge in [0.2, 0.25) is 17.7 Å². The Morgan fingerprint density at radius 1 is 1.24 bits per heavy atom. The van der Waals surface area contributed by atoms with Gasteiger partial charge in [0.05, 0.1) is 6.54 Å². The summed E-state index contributed by atoms with van der Waals surface area (Å²) in [6.45, 7) is 0.547. The van der Waals surface area contributed by atoms with Crippen LogP contribution in [0.15, 0.2) is 52.3 Å². The molecule has 2 heterocycles. The fourth-order valence-electron chi connectivity index (χ4n) is 2.39. The molecule has 1 amide bonds. The Morgan fingerprint density at radius 2 is 2.08 bits per heavy atom. The zero-order chi connectivity index (χ0) is 17.5. The van der Waals surface area contributed by atoms with Gasteiger partial charge < -0.3 is 14.5 Å². The molecule has 7 heteroatoms. The third kappa shape index (κ3) is 4.74. The van der Waals surface area contributed by atoms with Crippen molar-refractivity contribution in [3.05, 3.63) is 70.1 Å². The van der Waals surface area contributed by atoms with Gasteiger partial charge in [-0.25, -0.2) is 0 Å². The van der Waals surface area contributed by atoms with Crippen LogP contribution in [0.2, 0.25) is 0 Å². The maximum Gasteiger partial charge on any atom is 0.249 e. The number of nitrogens with one attached hydrogen (secondary N) is 1. The molecule has 1 aromatic carbocycles. The van der Waals surface area contributed by atoms with Gasteiger partial charge in [0, 0.05) is 24.8 Å². The van der Waals surface area contributed by atoms with E-state index in [0.29, 0.717) is 31.2 Å². The highest BCUT2D eigenvalue weighted by molar-refractivity contribution is 7.09. The summed E-state index contributed by atoms with van der Waals surface area (Å²) in [7, 11) is 1.60. The zero-order valence-corrected chi connectivity index (χ0v) is 14.7. The summed E-state index contributed by atoms with van der Waals surface area (Å²) in [4.78, 5) is 13.0. The van der Waals surface area contributed by atoms with Crippen molar-refractivity contribution in [3.8, 4) is 0 Å². The zero-order valence-electron chi connectivity index (χ0n) is 13.8. The monoisotopic (exact) mass is 357 g/mol. The van der Waals surface area contributed by atoms with Gasteiger partial charge in [0.1, 0.15) is 0 Å². The first-order valence-electron chi connectivity index (χ1n) is 7.95. The van der Waals surface area contributed by atoms with Crippen LogP contribution in [0.3, 0.4) is 0 Å². The number of nitrogens with zero attached hydrogens (tertiary/aromatic N) is 2. The van der Waals surface area contributed by atoms with E-state index < -0.39 is 6.10 Å². The molecule has 0 spiro atoms. The molecule has 3 rings (SSSR count). The summed E-state index contributed by atoms with van der Waals surface area (Å²) < 4.78 is 11.1. The van der Waals surface area contributed by atoms with Gasteiger partial charge in [-0.1, -0.05) is 36.4 Å². The molecule has 1 atom stereocenters. The predicted octanol–water partition coefficient (Wildman–Crippen LogP) is 3.12. The summed E-state index contributed by atoms with van der Waals surface area (Å²) in [6.07, 6.45) is 0.292. The lowest BCUT2D eigenvalue weighted by atomic mass is 10.1. The van der Waals surface area contributed by atoms with Crippen LogP contribution in [-0.2, 0) is 22.5 Å². The molecule has 2 aromatic heterocycles. The van der Waals surface area contributed by atoms with E-state index >= 15 is 0 Å². The van der Waals surface area contributed by atoms with E-state index in [4.69, 9.17) is 9.15 Å². The van der Waals surface area contributed by atoms with E-state index in [2.05, 4.69) is 15.5 Å². The van der Waals surface area contributed by atoms with Crippen LogP contribution >= 0.6 is 11.3 Å². The first-order chi connectivity index (χ1) is 12.3. The molecule has 3 aromatic rings. The van der Waals surface area contributed by atoms with E-state index in [1.165, 1.54) is 0 Å². The number of hydrogen-bond donors (Lipinski definition) is 1. The maximum absolute atomic E-state index is 11.9. The number of benzene rings is 1. The van der Waals surface area contributed by atoms with Crippen molar-refractivity contribution in [2.75, 3.05) is 7.11 Å². The standard InChI is InChI=1S/C18H19N3O3S/c1-23-17(13-6-3-2-4-7-13)18-21-20-16(24-18)10-9-15(22)19-12-14-8-5-11-25-14/h2-8,11,17H,9-10,12H2,1H3,(H,19,22). The Bertz CT molecular complexity index is 787. The van der Waals surface area contributed by atoms with Gasteiger partial charge in [-0.3, -0.25) is 4.79 Å². The minimum absolute atomic E-state index is 0.0421. The first kappa shape index (κ1) is 17.3. The molecule has 0 radical (unpaired) electrons. The van der Waals surface area contributed by atoms with Crippen molar-refractivity contribution in [2.45, 2.75) is 25.5 Å². The Labute approximate surface area is 149 Å². The van der Waals surface area contributed by atoms with Gasteiger partial charge in [-0.05, 0) is 17.0 Å². The molecular weight excluding hydrogens is 338 g/mol. The van der Waals surface area contributed by atoms with Crippen molar-refractivity contribution in [1.82, 2.24) is 15.5 Å². The SMILES string of the molecule is COC(c1ccccc1)c1nnc(CCC(=O)NCc2cccs2)o1. The van der Waals surface area contributed by atoms with Crippen LogP contribution in [0.1, 0.15) is 34.7 Å². The maximum atomic E-state index is 11.9. The molecule has 1 N–H and O–H groups in total. The van der Waals surface area contributed by atoms with Gasteiger partial charge >= 0.3 is 0 Å². The average Bonchev–Trinajstić information content (AvgIpc) is 3.32. The molecule has 130 valence electrons. The number of hydrogen-bond acceptors (Lipinski definition) is 6. The van der Waals surface area contributed by atoms with Crippen LogP contribution < -0.4 is 5.32 Å². The van der Waals surface area contributed by atoms with Crippen LogP contribution in [0.5, 0.6) is 0 Å². The molecule has 0 saturated heterocycles. The lowest BCUT2D eigenvalue weighted by Crippen LogP contribution is -2.22. The smallest absolute Gasteiger partial charge is 0.249 e.